The quantitative estimate of drug-likeness (QED) is 0.0691. The molecule has 8 rings (SSSR count). The van der Waals surface area contributed by atoms with Crippen molar-refractivity contribution in [1.29, 1.82) is 0 Å². The van der Waals surface area contributed by atoms with Gasteiger partial charge in [0.15, 0.2) is 12.6 Å². The highest BCUT2D eigenvalue weighted by atomic mass is 16.7. The zero-order valence-electron chi connectivity index (χ0n) is 36.3. The molecule has 6 aromatic carbocycles. The predicted molar refractivity (Wildman–Crippen MR) is 243 cm³/mol. The van der Waals surface area contributed by atoms with E-state index in [2.05, 4.69) is 0 Å². The van der Waals surface area contributed by atoms with Crippen molar-refractivity contribution < 1.29 is 52.8 Å². The maximum Gasteiger partial charge on any atom is 0.187 e. The summed E-state index contributed by atoms with van der Waals surface area (Å²) in [5, 5.41) is 24.3. The molecule has 0 bridgehead atoms. The Labute approximate surface area is 381 Å². The molecular weight excluding hydrogens is 825 g/mol. The molecule has 6 aromatic rings. The van der Waals surface area contributed by atoms with E-state index in [1.165, 1.54) is 0 Å². The average molecular weight is 883 g/mol. The molecule has 0 unspecified atom stereocenters. The SMILES string of the molecule is O[C@@H]1[C@H](O[C@H]2[C@H](OCc3ccccc3)[C@H](OCc3ccccc3)[C@@H](O)O[C@@H]2COCc2ccccc2)O[C@H](COCc2ccccc2)[C@@H](OCc2ccccc2)[C@@H]1OCc1ccccc1. The fraction of sp³-hybridized carbons (Fsp3) is 0.333. The Hall–Kier alpha value is -5.12. The van der Waals surface area contributed by atoms with E-state index >= 15 is 0 Å². The van der Waals surface area contributed by atoms with Crippen LogP contribution in [0.5, 0.6) is 0 Å². The first-order valence-electron chi connectivity index (χ1n) is 22.3. The van der Waals surface area contributed by atoms with E-state index in [0.29, 0.717) is 6.61 Å². The number of ether oxygens (including phenoxy) is 9. The van der Waals surface area contributed by atoms with Crippen LogP contribution in [0.15, 0.2) is 182 Å². The standard InChI is InChI=1S/C54H58O11/c55-47-50(60-34-42-25-13-4-14-26-42)48(59-33-41-23-11-3-12-24-41)45(37-57-31-39-19-7-1-8-20-39)64-54(47)65-49-46(38-58-32-40-21-9-2-10-22-40)63-53(56)52(62-36-44-29-17-6-18-30-44)51(49)61-35-43-27-15-5-16-28-43/h1-30,45-56H,31-38H2/t45-,46-,47+,48-,49-,50-,51+,52+,53+,54+/m1/s1. The van der Waals surface area contributed by atoms with Gasteiger partial charge in [0.05, 0.1) is 52.9 Å². The molecule has 0 spiro atoms. The normalized spacial score (nSPS) is 25.6. The summed E-state index contributed by atoms with van der Waals surface area (Å²) in [5.41, 5.74) is 5.63. The van der Waals surface area contributed by atoms with Crippen LogP contribution in [0.3, 0.4) is 0 Å². The molecular formula is C54H58O11. The third-order valence-corrected chi connectivity index (χ3v) is 11.4. The second-order valence-corrected chi connectivity index (χ2v) is 16.2. The van der Waals surface area contributed by atoms with Crippen LogP contribution in [0.1, 0.15) is 33.4 Å². The summed E-state index contributed by atoms with van der Waals surface area (Å²) >= 11 is 0. The van der Waals surface area contributed by atoms with Crippen LogP contribution in [-0.2, 0) is 82.3 Å². The van der Waals surface area contributed by atoms with Crippen LogP contribution in [0, 0.1) is 0 Å². The number of aliphatic hydroxyl groups is 2. The van der Waals surface area contributed by atoms with Crippen molar-refractivity contribution in [2.24, 2.45) is 0 Å². The summed E-state index contributed by atoms with van der Waals surface area (Å²) in [6.07, 6.45) is -10.5. The molecule has 2 aliphatic rings. The van der Waals surface area contributed by atoms with Gasteiger partial charge >= 0.3 is 0 Å². The molecule has 2 saturated heterocycles. The van der Waals surface area contributed by atoms with E-state index < -0.39 is 61.4 Å². The molecule has 0 aliphatic carbocycles. The van der Waals surface area contributed by atoms with Crippen LogP contribution in [-0.4, -0.2) is 84.8 Å². The highest BCUT2D eigenvalue weighted by Crippen LogP contribution is 2.35. The van der Waals surface area contributed by atoms with Gasteiger partial charge in [-0.3, -0.25) is 0 Å². The molecule has 2 N–H and O–H groups in total. The Balaban J connectivity index is 1.11. The largest absolute Gasteiger partial charge is 0.385 e. The van der Waals surface area contributed by atoms with Crippen molar-refractivity contribution >= 4 is 0 Å². The summed E-state index contributed by atoms with van der Waals surface area (Å²) in [7, 11) is 0. The molecule has 0 radical (unpaired) electrons. The molecule has 2 fully saturated rings. The van der Waals surface area contributed by atoms with Gasteiger partial charge < -0.3 is 52.8 Å². The second-order valence-electron chi connectivity index (χ2n) is 16.2. The molecule has 65 heavy (non-hydrogen) atoms. The van der Waals surface area contributed by atoms with Crippen molar-refractivity contribution in [3.8, 4) is 0 Å². The van der Waals surface area contributed by atoms with Crippen molar-refractivity contribution in [2.75, 3.05) is 13.2 Å². The summed E-state index contributed by atoms with van der Waals surface area (Å²) in [6, 6.07) is 58.7. The minimum atomic E-state index is -1.42. The zero-order chi connectivity index (χ0) is 44.5. The molecule has 11 nitrogen and oxygen atoms in total. The predicted octanol–water partition coefficient (Wildman–Crippen LogP) is 7.95. The lowest BCUT2D eigenvalue weighted by Crippen LogP contribution is -2.66. The molecule has 2 heterocycles. The fourth-order valence-corrected chi connectivity index (χ4v) is 8.05. The maximum atomic E-state index is 12.5. The van der Waals surface area contributed by atoms with E-state index in [1.54, 1.807) is 0 Å². The van der Waals surface area contributed by atoms with Gasteiger partial charge in [-0.2, -0.15) is 0 Å². The van der Waals surface area contributed by atoms with Gasteiger partial charge in [-0.25, -0.2) is 0 Å². The summed E-state index contributed by atoms with van der Waals surface area (Å²) in [5.74, 6) is 0. The Kier molecular flexibility index (Phi) is 17.4. The number of rotatable bonds is 22. The highest BCUT2D eigenvalue weighted by Gasteiger charge is 2.53. The average Bonchev–Trinajstić information content (AvgIpc) is 3.35. The van der Waals surface area contributed by atoms with E-state index in [4.69, 9.17) is 42.6 Å². The molecule has 0 saturated carbocycles. The van der Waals surface area contributed by atoms with Crippen molar-refractivity contribution in [3.05, 3.63) is 215 Å². The first-order valence-corrected chi connectivity index (χ1v) is 22.3. The van der Waals surface area contributed by atoms with Gasteiger partial charge in [0.2, 0.25) is 0 Å². The molecule has 10 atom stereocenters. The third-order valence-electron chi connectivity index (χ3n) is 11.4. The number of hydrogen-bond acceptors (Lipinski definition) is 11. The summed E-state index contributed by atoms with van der Waals surface area (Å²) in [4.78, 5) is 0. The minimum absolute atomic E-state index is 0.0103. The summed E-state index contributed by atoms with van der Waals surface area (Å²) < 4.78 is 59.3. The van der Waals surface area contributed by atoms with E-state index in [-0.39, 0.29) is 46.2 Å². The Bertz CT molecular complexity index is 2210. The molecule has 2 aliphatic heterocycles. The maximum absolute atomic E-state index is 12.5. The van der Waals surface area contributed by atoms with Crippen LogP contribution in [0.25, 0.3) is 0 Å². The number of aliphatic hydroxyl groups excluding tert-OH is 2. The third kappa shape index (κ3) is 13.5. The van der Waals surface area contributed by atoms with Crippen LogP contribution < -0.4 is 0 Å². The molecule has 0 amide bonds. The van der Waals surface area contributed by atoms with Crippen molar-refractivity contribution in [1.82, 2.24) is 0 Å². The first-order chi connectivity index (χ1) is 32.1. The van der Waals surface area contributed by atoms with Crippen molar-refractivity contribution in [3.63, 3.8) is 0 Å². The van der Waals surface area contributed by atoms with Crippen LogP contribution in [0.2, 0.25) is 0 Å². The van der Waals surface area contributed by atoms with E-state index in [1.807, 2.05) is 182 Å². The Morgan fingerprint density at radius 3 is 1.06 bits per heavy atom. The Morgan fingerprint density at radius 1 is 0.338 bits per heavy atom. The first kappa shape index (κ1) is 46.4. The van der Waals surface area contributed by atoms with Gasteiger partial charge in [0, 0.05) is 0 Å². The molecule has 0 aromatic heterocycles. The fourth-order valence-electron chi connectivity index (χ4n) is 8.05. The van der Waals surface area contributed by atoms with Gasteiger partial charge in [0.1, 0.15) is 48.8 Å². The molecule has 11 heteroatoms. The topological polar surface area (TPSA) is 124 Å². The lowest BCUT2D eigenvalue weighted by atomic mass is 9.96. The van der Waals surface area contributed by atoms with Gasteiger partial charge in [-0.05, 0) is 33.4 Å². The van der Waals surface area contributed by atoms with Gasteiger partial charge in [0.25, 0.3) is 0 Å². The lowest BCUT2D eigenvalue weighted by molar-refractivity contribution is -0.370. The zero-order valence-corrected chi connectivity index (χ0v) is 36.3. The van der Waals surface area contributed by atoms with Crippen molar-refractivity contribution in [2.45, 2.75) is 101 Å². The van der Waals surface area contributed by atoms with Crippen LogP contribution >= 0.6 is 0 Å². The summed E-state index contributed by atoms with van der Waals surface area (Å²) in [6.45, 7) is 1.46. The van der Waals surface area contributed by atoms with E-state index in [0.717, 1.165) is 33.4 Å². The van der Waals surface area contributed by atoms with Gasteiger partial charge in [-0.1, -0.05) is 182 Å². The Morgan fingerprint density at radius 2 is 0.662 bits per heavy atom. The lowest BCUT2D eigenvalue weighted by Gasteiger charge is -2.49. The smallest absolute Gasteiger partial charge is 0.187 e. The van der Waals surface area contributed by atoms with Gasteiger partial charge in [-0.15, -0.1) is 0 Å². The van der Waals surface area contributed by atoms with Crippen LogP contribution in [0.4, 0.5) is 0 Å². The minimum Gasteiger partial charge on any atom is -0.385 e. The monoisotopic (exact) mass is 882 g/mol. The number of benzene rings is 6. The van der Waals surface area contributed by atoms with E-state index in [9.17, 15) is 10.2 Å². The second kappa shape index (κ2) is 24.4. The number of hydrogen-bond donors (Lipinski definition) is 2. The highest BCUT2D eigenvalue weighted by molar-refractivity contribution is 5.18. The molecule has 340 valence electrons.